The Morgan fingerprint density at radius 2 is 2.16 bits per heavy atom. The first-order chi connectivity index (χ1) is 9.02. The number of nitrogens with one attached hydrogen (secondary N) is 1. The average molecular weight is 271 g/mol. The van der Waals surface area contributed by atoms with Crippen LogP contribution in [-0.2, 0) is 14.3 Å². The van der Waals surface area contributed by atoms with Gasteiger partial charge in [0.15, 0.2) is 0 Å². The van der Waals surface area contributed by atoms with E-state index < -0.39 is 18.1 Å². The molecule has 1 aliphatic heterocycles. The zero-order chi connectivity index (χ0) is 14.0. The summed E-state index contributed by atoms with van der Waals surface area (Å²) < 4.78 is 10.4. The minimum absolute atomic E-state index is 0.0330. The molecule has 0 spiro atoms. The van der Waals surface area contributed by atoms with Gasteiger partial charge in [-0.1, -0.05) is 6.42 Å². The molecule has 1 saturated heterocycles. The molecular weight excluding hydrogens is 250 g/mol. The third-order valence-electron chi connectivity index (χ3n) is 4.22. The molecule has 6 nitrogen and oxygen atoms in total. The number of hydrogen-bond donors (Lipinski definition) is 2. The van der Waals surface area contributed by atoms with Gasteiger partial charge in [-0.05, 0) is 38.0 Å². The van der Waals surface area contributed by atoms with E-state index in [1.165, 1.54) is 7.11 Å². The van der Waals surface area contributed by atoms with Crippen LogP contribution in [0.1, 0.15) is 32.6 Å². The number of aliphatic carboxylic acids is 1. The van der Waals surface area contributed by atoms with Gasteiger partial charge in [0, 0.05) is 0 Å². The summed E-state index contributed by atoms with van der Waals surface area (Å²) >= 11 is 0. The van der Waals surface area contributed by atoms with Gasteiger partial charge in [-0.15, -0.1) is 0 Å². The summed E-state index contributed by atoms with van der Waals surface area (Å²) in [6.07, 6.45) is 3.14. The van der Waals surface area contributed by atoms with Crippen LogP contribution < -0.4 is 5.32 Å². The average Bonchev–Trinajstić information content (AvgIpc) is 2.82. The summed E-state index contributed by atoms with van der Waals surface area (Å²) in [5.74, 6) is -0.877. The second kappa shape index (κ2) is 5.77. The van der Waals surface area contributed by atoms with Crippen molar-refractivity contribution in [2.24, 2.45) is 11.8 Å². The van der Waals surface area contributed by atoms with Gasteiger partial charge in [-0.3, -0.25) is 0 Å². The molecule has 1 saturated carbocycles. The highest BCUT2D eigenvalue weighted by Crippen LogP contribution is 2.42. The van der Waals surface area contributed by atoms with Crippen molar-refractivity contribution in [2.45, 2.75) is 50.9 Å². The normalized spacial score (nSPS) is 35.3. The van der Waals surface area contributed by atoms with Gasteiger partial charge in [0.05, 0.1) is 19.3 Å². The number of carbonyl (C=O) groups excluding carboxylic acids is 1. The van der Waals surface area contributed by atoms with Crippen molar-refractivity contribution in [3.05, 3.63) is 0 Å². The number of fused-ring (bicyclic) bond motifs is 1. The Bertz CT molecular complexity index is 359. The predicted molar refractivity (Wildman–Crippen MR) is 66.7 cm³/mol. The third kappa shape index (κ3) is 3.00. The van der Waals surface area contributed by atoms with Crippen molar-refractivity contribution in [1.29, 1.82) is 0 Å². The molecule has 0 aromatic rings. The van der Waals surface area contributed by atoms with E-state index >= 15 is 0 Å². The molecular formula is C13H21NO5. The van der Waals surface area contributed by atoms with E-state index in [0.29, 0.717) is 6.42 Å². The van der Waals surface area contributed by atoms with Crippen molar-refractivity contribution in [3.63, 3.8) is 0 Å². The second-order valence-corrected chi connectivity index (χ2v) is 5.43. The molecule has 2 N–H and O–H groups in total. The fraction of sp³-hybridized carbons (Fsp3) is 0.846. The van der Waals surface area contributed by atoms with Crippen molar-refractivity contribution in [3.8, 4) is 0 Å². The maximum absolute atomic E-state index is 11.4. The molecule has 0 unspecified atom stereocenters. The standard InChI is InChI=1S/C13H21NO5/c1-7-6-9(8-4-3-5-10(8)19-7)11(12(15)16)14-13(17)18-2/h7-11H,3-6H2,1-2H3,(H,14,17)(H,15,16)/t7-,8+,9+,10+,11+/m1/s1. The molecule has 5 atom stereocenters. The van der Waals surface area contributed by atoms with Crippen LogP contribution in [0.3, 0.4) is 0 Å². The molecule has 108 valence electrons. The Hall–Kier alpha value is -1.30. The zero-order valence-corrected chi connectivity index (χ0v) is 11.3. The number of methoxy groups -OCH3 is 1. The van der Waals surface area contributed by atoms with Gasteiger partial charge in [0.2, 0.25) is 0 Å². The van der Waals surface area contributed by atoms with E-state index in [1.807, 2.05) is 6.92 Å². The fourth-order valence-electron chi connectivity index (χ4n) is 3.45. The van der Waals surface area contributed by atoms with Gasteiger partial charge in [-0.25, -0.2) is 9.59 Å². The van der Waals surface area contributed by atoms with Crippen molar-refractivity contribution < 1.29 is 24.2 Å². The Kier molecular flexibility index (Phi) is 4.29. The lowest BCUT2D eigenvalue weighted by Crippen LogP contribution is -2.52. The van der Waals surface area contributed by atoms with Crippen LogP contribution in [-0.4, -0.2) is 42.5 Å². The summed E-state index contributed by atoms with van der Waals surface area (Å²) in [5.41, 5.74) is 0. The molecule has 0 radical (unpaired) electrons. The van der Waals surface area contributed by atoms with Gasteiger partial charge >= 0.3 is 12.1 Å². The van der Waals surface area contributed by atoms with E-state index in [9.17, 15) is 14.7 Å². The quantitative estimate of drug-likeness (QED) is 0.810. The first kappa shape index (κ1) is 14.1. The molecule has 1 heterocycles. The second-order valence-electron chi connectivity index (χ2n) is 5.43. The Morgan fingerprint density at radius 1 is 1.42 bits per heavy atom. The summed E-state index contributed by atoms with van der Waals surface area (Å²) in [7, 11) is 1.24. The van der Waals surface area contributed by atoms with E-state index in [2.05, 4.69) is 10.1 Å². The van der Waals surface area contributed by atoms with E-state index in [1.54, 1.807) is 0 Å². The summed E-state index contributed by atoms with van der Waals surface area (Å²) in [4.78, 5) is 22.7. The number of amides is 1. The molecule has 0 aromatic carbocycles. The first-order valence-corrected chi connectivity index (χ1v) is 6.75. The minimum atomic E-state index is -1.00. The summed E-state index contributed by atoms with van der Waals surface area (Å²) in [6, 6.07) is -0.899. The van der Waals surface area contributed by atoms with Gasteiger partial charge in [0.1, 0.15) is 6.04 Å². The topological polar surface area (TPSA) is 84.9 Å². The minimum Gasteiger partial charge on any atom is -0.480 e. The highest BCUT2D eigenvalue weighted by Gasteiger charge is 2.46. The van der Waals surface area contributed by atoms with E-state index in [-0.39, 0.29) is 24.0 Å². The first-order valence-electron chi connectivity index (χ1n) is 6.75. The summed E-state index contributed by atoms with van der Waals surface area (Å²) in [5, 5.41) is 11.8. The molecule has 19 heavy (non-hydrogen) atoms. The van der Waals surface area contributed by atoms with Crippen molar-refractivity contribution >= 4 is 12.1 Å². The predicted octanol–water partition coefficient (Wildman–Crippen LogP) is 1.39. The Morgan fingerprint density at radius 3 is 2.79 bits per heavy atom. The highest BCUT2D eigenvalue weighted by atomic mass is 16.5. The lowest BCUT2D eigenvalue weighted by atomic mass is 9.78. The highest BCUT2D eigenvalue weighted by molar-refractivity contribution is 5.80. The van der Waals surface area contributed by atoms with E-state index in [0.717, 1.165) is 19.3 Å². The molecule has 0 aromatic heterocycles. The molecule has 0 bridgehead atoms. The number of hydrogen-bond acceptors (Lipinski definition) is 4. The van der Waals surface area contributed by atoms with Gasteiger partial charge < -0.3 is 19.9 Å². The number of alkyl carbamates (subject to hydrolysis) is 1. The van der Waals surface area contributed by atoms with Crippen LogP contribution >= 0.6 is 0 Å². The Balaban J connectivity index is 2.14. The number of carbonyl (C=O) groups is 2. The van der Waals surface area contributed by atoms with Crippen molar-refractivity contribution in [1.82, 2.24) is 5.32 Å². The molecule has 2 fully saturated rings. The van der Waals surface area contributed by atoms with Gasteiger partial charge in [-0.2, -0.15) is 0 Å². The molecule has 1 aliphatic carbocycles. The molecule has 1 amide bonds. The number of ether oxygens (including phenoxy) is 2. The zero-order valence-electron chi connectivity index (χ0n) is 11.3. The lowest BCUT2D eigenvalue weighted by Gasteiger charge is -2.40. The maximum atomic E-state index is 11.4. The molecule has 6 heteroatoms. The van der Waals surface area contributed by atoms with Crippen LogP contribution in [0.4, 0.5) is 4.79 Å². The fourth-order valence-corrected chi connectivity index (χ4v) is 3.45. The monoisotopic (exact) mass is 271 g/mol. The summed E-state index contributed by atoms with van der Waals surface area (Å²) in [6.45, 7) is 1.96. The number of rotatable bonds is 3. The van der Waals surface area contributed by atoms with E-state index in [4.69, 9.17) is 4.74 Å². The maximum Gasteiger partial charge on any atom is 0.407 e. The third-order valence-corrected chi connectivity index (χ3v) is 4.22. The van der Waals surface area contributed by atoms with Crippen LogP contribution in [0.2, 0.25) is 0 Å². The van der Waals surface area contributed by atoms with Crippen molar-refractivity contribution in [2.75, 3.05) is 7.11 Å². The SMILES string of the molecule is COC(=O)N[C@H](C(=O)O)[C@H]1C[C@@H](C)O[C@H]2CCC[C@@H]12. The Labute approximate surface area is 112 Å². The van der Waals surface area contributed by atoms with Crippen LogP contribution in [0, 0.1) is 11.8 Å². The smallest absolute Gasteiger partial charge is 0.407 e. The largest absolute Gasteiger partial charge is 0.480 e. The van der Waals surface area contributed by atoms with Gasteiger partial charge in [0.25, 0.3) is 0 Å². The molecule has 2 aliphatic rings. The number of carboxylic acid groups (broad SMARTS) is 1. The van der Waals surface area contributed by atoms with Crippen LogP contribution in [0.5, 0.6) is 0 Å². The van der Waals surface area contributed by atoms with Crippen LogP contribution in [0.25, 0.3) is 0 Å². The lowest BCUT2D eigenvalue weighted by molar-refractivity contribution is -0.146. The van der Waals surface area contributed by atoms with Crippen LogP contribution in [0.15, 0.2) is 0 Å². The number of carboxylic acids is 1. The molecule has 2 rings (SSSR count).